The van der Waals surface area contributed by atoms with Crippen molar-refractivity contribution in [1.82, 2.24) is 24.3 Å². The van der Waals surface area contributed by atoms with Gasteiger partial charge in [-0.25, -0.2) is 4.98 Å². The molecule has 0 radical (unpaired) electrons. The number of fused-ring (bicyclic) bond motifs is 1. The van der Waals surface area contributed by atoms with Gasteiger partial charge >= 0.3 is 0 Å². The highest BCUT2D eigenvalue weighted by Crippen LogP contribution is 2.26. The SMILES string of the molecule is C=CCn1c(Cc2cccn2C)nnc1SCC(=O)Nc1nc2ccccc2s1. The van der Waals surface area contributed by atoms with E-state index in [2.05, 4.69) is 37.7 Å². The summed E-state index contributed by atoms with van der Waals surface area (Å²) < 4.78 is 5.10. The molecule has 1 aromatic carbocycles. The Morgan fingerprint density at radius 3 is 2.90 bits per heavy atom. The van der Waals surface area contributed by atoms with Gasteiger partial charge in [-0.15, -0.1) is 16.8 Å². The van der Waals surface area contributed by atoms with Gasteiger partial charge in [-0.3, -0.25) is 4.79 Å². The monoisotopic (exact) mass is 424 g/mol. The molecule has 148 valence electrons. The van der Waals surface area contributed by atoms with Crippen LogP contribution in [0.4, 0.5) is 5.13 Å². The van der Waals surface area contributed by atoms with Gasteiger partial charge in [-0.05, 0) is 24.3 Å². The Morgan fingerprint density at radius 1 is 1.28 bits per heavy atom. The summed E-state index contributed by atoms with van der Waals surface area (Å²) in [5, 5.41) is 12.8. The van der Waals surface area contributed by atoms with Crippen molar-refractivity contribution in [1.29, 1.82) is 0 Å². The van der Waals surface area contributed by atoms with Crippen LogP contribution in [-0.2, 0) is 24.8 Å². The third kappa shape index (κ3) is 4.41. The fourth-order valence-corrected chi connectivity index (χ4v) is 4.57. The van der Waals surface area contributed by atoms with Crippen molar-refractivity contribution < 1.29 is 4.79 Å². The molecule has 0 atom stereocenters. The van der Waals surface area contributed by atoms with Crippen molar-refractivity contribution >= 4 is 44.4 Å². The van der Waals surface area contributed by atoms with Gasteiger partial charge in [0.2, 0.25) is 5.91 Å². The maximum Gasteiger partial charge on any atom is 0.236 e. The third-order valence-electron chi connectivity index (χ3n) is 4.37. The highest BCUT2D eigenvalue weighted by Gasteiger charge is 2.15. The number of thiazole rings is 1. The zero-order chi connectivity index (χ0) is 20.2. The van der Waals surface area contributed by atoms with Gasteiger partial charge in [0, 0.05) is 31.9 Å². The van der Waals surface area contributed by atoms with Crippen LogP contribution < -0.4 is 5.32 Å². The molecule has 0 aliphatic rings. The number of hydrogen-bond acceptors (Lipinski definition) is 6. The smallest absolute Gasteiger partial charge is 0.236 e. The quantitative estimate of drug-likeness (QED) is 0.344. The van der Waals surface area contributed by atoms with Crippen LogP contribution in [0.3, 0.4) is 0 Å². The van der Waals surface area contributed by atoms with E-state index >= 15 is 0 Å². The van der Waals surface area contributed by atoms with Gasteiger partial charge in [0.1, 0.15) is 5.82 Å². The lowest BCUT2D eigenvalue weighted by atomic mass is 10.3. The molecule has 7 nitrogen and oxygen atoms in total. The first-order valence-corrected chi connectivity index (χ1v) is 10.9. The molecule has 0 unspecified atom stereocenters. The van der Waals surface area contributed by atoms with Crippen LogP contribution in [0.5, 0.6) is 0 Å². The maximum absolute atomic E-state index is 12.4. The van der Waals surface area contributed by atoms with Crippen LogP contribution in [0, 0.1) is 0 Å². The second kappa shape index (κ2) is 8.62. The second-order valence-electron chi connectivity index (χ2n) is 6.41. The Labute approximate surface area is 176 Å². The predicted molar refractivity (Wildman–Crippen MR) is 117 cm³/mol. The highest BCUT2D eigenvalue weighted by atomic mass is 32.2. The Kier molecular flexibility index (Phi) is 5.77. The third-order valence-corrected chi connectivity index (χ3v) is 6.29. The largest absolute Gasteiger partial charge is 0.354 e. The Hall–Kier alpha value is -2.91. The molecule has 3 heterocycles. The van der Waals surface area contributed by atoms with E-state index in [1.165, 1.54) is 23.1 Å². The van der Waals surface area contributed by atoms with E-state index in [-0.39, 0.29) is 11.7 Å². The highest BCUT2D eigenvalue weighted by molar-refractivity contribution is 7.99. The molecular formula is C20H20N6OS2. The Morgan fingerprint density at radius 2 is 2.14 bits per heavy atom. The van der Waals surface area contributed by atoms with Gasteiger partial charge in [-0.2, -0.15) is 0 Å². The predicted octanol–water partition coefficient (Wildman–Crippen LogP) is 3.73. The van der Waals surface area contributed by atoms with Gasteiger partial charge in [0.15, 0.2) is 10.3 Å². The summed E-state index contributed by atoms with van der Waals surface area (Å²) in [4.78, 5) is 16.8. The van der Waals surface area contributed by atoms with E-state index in [0.29, 0.717) is 23.3 Å². The van der Waals surface area contributed by atoms with Gasteiger partial charge in [0.25, 0.3) is 0 Å². The Bertz CT molecular complexity index is 1130. The van der Waals surface area contributed by atoms with Crippen LogP contribution in [0.15, 0.2) is 60.4 Å². The summed E-state index contributed by atoms with van der Waals surface area (Å²) in [6.07, 6.45) is 4.48. The summed E-state index contributed by atoms with van der Waals surface area (Å²) in [6.45, 7) is 4.42. The molecule has 3 aromatic heterocycles. The zero-order valence-corrected chi connectivity index (χ0v) is 17.5. The molecule has 0 spiro atoms. The van der Waals surface area contributed by atoms with Gasteiger partial charge < -0.3 is 14.5 Å². The molecule has 29 heavy (non-hydrogen) atoms. The number of nitrogens with zero attached hydrogens (tertiary/aromatic N) is 5. The number of nitrogens with one attached hydrogen (secondary N) is 1. The molecule has 0 saturated heterocycles. The fourth-order valence-electron chi connectivity index (χ4n) is 2.92. The van der Waals surface area contributed by atoms with E-state index in [0.717, 1.165) is 21.7 Å². The molecule has 0 bridgehead atoms. The van der Waals surface area contributed by atoms with Crippen LogP contribution in [0.2, 0.25) is 0 Å². The number of thioether (sulfide) groups is 1. The molecule has 9 heteroatoms. The summed E-state index contributed by atoms with van der Waals surface area (Å²) in [5.41, 5.74) is 2.03. The van der Waals surface area contributed by atoms with Crippen LogP contribution >= 0.6 is 23.1 Å². The minimum atomic E-state index is -0.119. The van der Waals surface area contributed by atoms with Crippen molar-refractivity contribution in [2.45, 2.75) is 18.1 Å². The van der Waals surface area contributed by atoms with E-state index in [1.54, 1.807) is 0 Å². The number of anilines is 1. The van der Waals surface area contributed by atoms with E-state index < -0.39 is 0 Å². The van der Waals surface area contributed by atoms with Crippen LogP contribution in [0.1, 0.15) is 11.5 Å². The molecule has 0 saturated carbocycles. The number of amides is 1. The molecule has 0 fully saturated rings. The number of allylic oxidation sites excluding steroid dienone is 1. The van der Waals surface area contributed by atoms with Crippen molar-refractivity contribution in [2.24, 2.45) is 7.05 Å². The standard InChI is InChI=1S/C20H20N6OS2/c1-3-10-26-17(12-14-7-6-11-25(14)2)23-24-20(26)28-13-18(27)22-19-21-15-8-4-5-9-16(15)29-19/h3-9,11H,1,10,12-13H2,2H3,(H,21,22,27). The van der Waals surface area contributed by atoms with Crippen LogP contribution in [0.25, 0.3) is 10.2 Å². The molecule has 1 amide bonds. The van der Waals surface area contributed by atoms with E-state index in [4.69, 9.17) is 0 Å². The number of carbonyl (C=O) groups excluding carboxylic acids is 1. The molecule has 1 N–H and O–H groups in total. The summed E-state index contributed by atoms with van der Waals surface area (Å²) in [7, 11) is 2.01. The van der Waals surface area contributed by atoms with Crippen LogP contribution in [-0.4, -0.2) is 36.0 Å². The van der Waals surface area contributed by atoms with Gasteiger partial charge in [-0.1, -0.05) is 41.3 Å². The summed E-state index contributed by atoms with van der Waals surface area (Å²) >= 11 is 2.82. The van der Waals surface area contributed by atoms with Crippen molar-refractivity contribution in [2.75, 3.05) is 11.1 Å². The normalized spacial score (nSPS) is 11.1. The second-order valence-corrected chi connectivity index (χ2v) is 8.38. The number of carbonyl (C=O) groups is 1. The first-order chi connectivity index (χ1) is 14.1. The zero-order valence-electron chi connectivity index (χ0n) is 15.9. The first-order valence-electron chi connectivity index (χ1n) is 9.05. The lowest BCUT2D eigenvalue weighted by Crippen LogP contribution is -2.14. The molecule has 0 aliphatic carbocycles. The lowest BCUT2D eigenvalue weighted by Gasteiger charge is -2.08. The Balaban J connectivity index is 1.42. The minimum absolute atomic E-state index is 0.119. The summed E-state index contributed by atoms with van der Waals surface area (Å²) in [6, 6.07) is 11.9. The molecule has 4 aromatic rings. The van der Waals surface area contributed by atoms with Crippen molar-refractivity contribution in [3.05, 3.63) is 66.8 Å². The first kappa shape index (κ1) is 19.4. The van der Waals surface area contributed by atoms with E-state index in [1.807, 2.05) is 54.2 Å². The molecule has 4 rings (SSSR count). The number of aryl methyl sites for hydroxylation is 1. The van der Waals surface area contributed by atoms with Crippen molar-refractivity contribution in [3.63, 3.8) is 0 Å². The number of hydrogen-bond donors (Lipinski definition) is 1. The fraction of sp³-hybridized carbons (Fsp3) is 0.200. The number of para-hydroxylation sites is 1. The van der Waals surface area contributed by atoms with Gasteiger partial charge in [0.05, 0.1) is 16.0 Å². The molecular weight excluding hydrogens is 404 g/mol. The minimum Gasteiger partial charge on any atom is -0.354 e. The number of rotatable bonds is 8. The topological polar surface area (TPSA) is 77.6 Å². The summed E-state index contributed by atoms with van der Waals surface area (Å²) in [5.74, 6) is 0.960. The lowest BCUT2D eigenvalue weighted by molar-refractivity contribution is -0.113. The van der Waals surface area contributed by atoms with E-state index in [9.17, 15) is 4.79 Å². The maximum atomic E-state index is 12.4. The molecule has 0 aliphatic heterocycles. The average molecular weight is 425 g/mol. The number of aromatic nitrogens is 5. The average Bonchev–Trinajstić information content (AvgIpc) is 3.40. The van der Waals surface area contributed by atoms with Crippen molar-refractivity contribution in [3.8, 4) is 0 Å². The number of benzene rings is 1.